The molecule has 2 N–H and O–H groups in total. The normalized spacial score (nSPS) is 23.3. The summed E-state index contributed by atoms with van der Waals surface area (Å²) in [4.78, 5) is 2.57. The topological polar surface area (TPSA) is 38.5 Å². The van der Waals surface area contributed by atoms with E-state index < -0.39 is 0 Å². The molecule has 3 heteroatoms. The van der Waals surface area contributed by atoms with Crippen LogP contribution in [0.3, 0.4) is 0 Å². The van der Waals surface area contributed by atoms with E-state index >= 15 is 0 Å². The predicted molar refractivity (Wildman–Crippen MR) is 86.5 cm³/mol. The molecule has 1 unspecified atom stereocenters. The van der Waals surface area contributed by atoms with Gasteiger partial charge in [0.05, 0.1) is 13.2 Å². The van der Waals surface area contributed by atoms with Gasteiger partial charge in [-0.15, -0.1) is 0 Å². The van der Waals surface area contributed by atoms with E-state index in [9.17, 15) is 0 Å². The second-order valence-electron chi connectivity index (χ2n) is 6.74. The molecule has 2 fully saturated rings. The molecular weight excluding hydrogens is 260 g/mol. The second kappa shape index (κ2) is 6.37. The fourth-order valence-corrected chi connectivity index (χ4v) is 4.35. The first-order valence-corrected chi connectivity index (χ1v) is 8.35. The second-order valence-corrected chi connectivity index (χ2v) is 6.74. The molecule has 1 atom stereocenters. The zero-order valence-electron chi connectivity index (χ0n) is 13.2. The largest absolute Gasteiger partial charge is 0.496 e. The summed E-state index contributed by atoms with van der Waals surface area (Å²) in [6, 6.07) is 8.61. The van der Waals surface area contributed by atoms with Crippen LogP contribution in [0.15, 0.2) is 24.3 Å². The van der Waals surface area contributed by atoms with E-state index in [4.69, 9.17) is 10.5 Å². The molecule has 0 amide bonds. The van der Waals surface area contributed by atoms with Crippen LogP contribution in [0.1, 0.15) is 50.1 Å². The lowest BCUT2D eigenvalue weighted by molar-refractivity contribution is 0.0771. The number of rotatable bonds is 4. The van der Waals surface area contributed by atoms with Crippen LogP contribution in [-0.2, 0) is 0 Å². The lowest BCUT2D eigenvalue weighted by Gasteiger charge is -2.42. The van der Waals surface area contributed by atoms with Crippen molar-refractivity contribution in [3.63, 3.8) is 0 Å². The van der Waals surface area contributed by atoms with Crippen molar-refractivity contribution in [2.75, 3.05) is 26.7 Å². The average molecular weight is 288 g/mol. The lowest BCUT2D eigenvalue weighted by atomic mass is 9.76. The molecule has 1 aliphatic carbocycles. The minimum Gasteiger partial charge on any atom is -0.496 e. The van der Waals surface area contributed by atoms with Gasteiger partial charge in [0.25, 0.3) is 0 Å². The molecule has 0 aromatic heterocycles. The Morgan fingerprint density at radius 1 is 1.14 bits per heavy atom. The molecule has 2 aliphatic rings. The van der Waals surface area contributed by atoms with Gasteiger partial charge in [-0.1, -0.05) is 31.0 Å². The number of likely N-dealkylation sites (tertiary alicyclic amines) is 1. The zero-order chi connectivity index (χ0) is 14.7. The predicted octanol–water partition coefficient (Wildman–Crippen LogP) is 3.35. The number of hydrogen-bond donors (Lipinski definition) is 1. The molecule has 3 rings (SSSR count). The minimum absolute atomic E-state index is 0.292. The number of nitrogens with two attached hydrogens (primary N) is 1. The van der Waals surface area contributed by atoms with Gasteiger partial charge in [-0.05, 0) is 50.3 Å². The summed E-state index contributed by atoms with van der Waals surface area (Å²) in [6.45, 7) is 3.02. The van der Waals surface area contributed by atoms with Gasteiger partial charge in [0.2, 0.25) is 0 Å². The van der Waals surface area contributed by atoms with E-state index in [1.165, 1.54) is 57.2 Å². The Bertz CT molecular complexity index is 458. The van der Waals surface area contributed by atoms with Gasteiger partial charge in [-0.2, -0.15) is 0 Å². The number of methoxy groups -OCH3 is 1. The number of ether oxygens (including phenoxy) is 1. The van der Waals surface area contributed by atoms with Crippen molar-refractivity contribution in [2.45, 2.75) is 44.6 Å². The number of para-hydroxylation sites is 1. The van der Waals surface area contributed by atoms with Crippen LogP contribution in [0.25, 0.3) is 0 Å². The van der Waals surface area contributed by atoms with E-state index in [2.05, 4.69) is 17.0 Å². The fourth-order valence-electron chi connectivity index (χ4n) is 4.35. The van der Waals surface area contributed by atoms with Crippen LogP contribution in [0.5, 0.6) is 5.75 Å². The number of benzene rings is 1. The van der Waals surface area contributed by atoms with Crippen LogP contribution >= 0.6 is 0 Å². The van der Waals surface area contributed by atoms with E-state index in [1.807, 2.05) is 12.1 Å². The summed E-state index contributed by atoms with van der Waals surface area (Å²) >= 11 is 0. The van der Waals surface area contributed by atoms with Gasteiger partial charge < -0.3 is 10.5 Å². The van der Waals surface area contributed by atoms with Crippen molar-refractivity contribution >= 4 is 0 Å². The van der Waals surface area contributed by atoms with E-state index in [-0.39, 0.29) is 0 Å². The van der Waals surface area contributed by atoms with E-state index in [0.29, 0.717) is 18.0 Å². The third kappa shape index (κ3) is 2.95. The highest BCUT2D eigenvalue weighted by atomic mass is 16.5. The smallest absolute Gasteiger partial charge is 0.123 e. The summed E-state index contributed by atoms with van der Waals surface area (Å²) in [5, 5.41) is 0. The van der Waals surface area contributed by atoms with Crippen molar-refractivity contribution in [3.05, 3.63) is 29.8 Å². The molecule has 1 saturated heterocycles. The maximum absolute atomic E-state index is 6.11. The van der Waals surface area contributed by atoms with Gasteiger partial charge >= 0.3 is 0 Å². The maximum Gasteiger partial charge on any atom is 0.123 e. The summed E-state index contributed by atoms with van der Waals surface area (Å²) in [6.07, 6.45) is 8.46. The van der Waals surface area contributed by atoms with Crippen LogP contribution < -0.4 is 10.5 Å². The van der Waals surface area contributed by atoms with Gasteiger partial charge in [0.1, 0.15) is 5.75 Å². The molecule has 1 aliphatic heterocycles. The highest BCUT2D eigenvalue weighted by Crippen LogP contribution is 2.47. The standard InChI is InChI=1S/C18H28N2O/c1-21-17-7-3-2-6-15(17)16(14-19)20-12-10-18(11-13-20)8-4-5-9-18/h2-3,6-7,16H,4-5,8-14,19H2,1H3. The summed E-state index contributed by atoms with van der Waals surface area (Å²) in [7, 11) is 1.75. The highest BCUT2D eigenvalue weighted by molar-refractivity contribution is 5.36. The Labute approximate surface area is 128 Å². The number of hydrogen-bond acceptors (Lipinski definition) is 3. The average Bonchev–Trinajstić information content (AvgIpc) is 2.99. The maximum atomic E-state index is 6.11. The Morgan fingerprint density at radius 2 is 1.81 bits per heavy atom. The van der Waals surface area contributed by atoms with E-state index in [0.717, 1.165) is 5.75 Å². The molecule has 116 valence electrons. The minimum atomic E-state index is 0.292. The molecule has 3 nitrogen and oxygen atoms in total. The van der Waals surface area contributed by atoms with Crippen LogP contribution in [0, 0.1) is 5.41 Å². The fraction of sp³-hybridized carbons (Fsp3) is 0.667. The first kappa shape index (κ1) is 14.9. The monoisotopic (exact) mass is 288 g/mol. The first-order valence-electron chi connectivity index (χ1n) is 8.35. The van der Waals surface area contributed by atoms with Gasteiger partial charge in [0, 0.05) is 12.1 Å². The van der Waals surface area contributed by atoms with Crippen molar-refractivity contribution < 1.29 is 4.74 Å². The molecule has 1 spiro atoms. The Balaban J connectivity index is 1.72. The SMILES string of the molecule is COc1ccccc1C(CN)N1CCC2(CCCC2)CC1. The Kier molecular flexibility index (Phi) is 4.51. The van der Waals surface area contributed by atoms with Gasteiger partial charge in [-0.25, -0.2) is 0 Å². The third-order valence-electron chi connectivity index (χ3n) is 5.68. The highest BCUT2D eigenvalue weighted by Gasteiger charge is 2.38. The van der Waals surface area contributed by atoms with E-state index in [1.54, 1.807) is 7.11 Å². The molecule has 0 bridgehead atoms. The molecule has 0 radical (unpaired) electrons. The molecule has 1 saturated carbocycles. The first-order chi connectivity index (χ1) is 10.3. The van der Waals surface area contributed by atoms with Crippen molar-refractivity contribution in [1.82, 2.24) is 4.90 Å². The third-order valence-corrected chi connectivity index (χ3v) is 5.68. The Morgan fingerprint density at radius 3 is 2.43 bits per heavy atom. The zero-order valence-corrected chi connectivity index (χ0v) is 13.2. The number of piperidine rings is 1. The van der Waals surface area contributed by atoms with Crippen molar-refractivity contribution in [3.8, 4) is 5.75 Å². The summed E-state index contributed by atoms with van der Waals surface area (Å²) < 4.78 is 5.53. The molecule has 1 aromatic rings. The van der Waals surface area contributed by atoms with Gasteiger partial charge in [0.15, 0.2) is 0 Å². The lowest BCUT2D eigenvalue weighted by Crippen LogP contribution is -2.43. The molecular formula is C18H28N2O. The Hall–Kier alpha value is -1.06. The molecule has 1 heterocycles. The number of nitrogens with zero attached hydrogens (tertiary/aromatic N) is 1. The summed E-state index contributed by atoms with van der Waals surface area (Å²) in [5.74, 6) is 0.967. The molecule has 1 aromatic carbocycles. The van der Waals surface area contributed by atoms with Crippen LogP contribution in [-0.4, -0.2) is 31.6 Å². The molecule has 21 heavy (non-hydrogen) atoms. The van der Waals surface area contributed by atoms with Crippen LogP contribution in [0.4, 0.5) is 0 Å². The van der Waals surface area contributed by atoms with Gasteiger partial charge in [-0.3, -0.25) is 4.90 Å². The van der Waals surface area contributed by atoms with Crippen molar-refractivity contribution in [2.24, 2.45) is 11.1 Å². The van der Waals surface area contributed by atoms with Crippen molar-refractivity contribution in [1.29, 1.82) is 0 Å². The summed E-state index contributed by atoms with van der Waals surface area (Å²) in [5.41, 5.74) is 8.01. The van der Waals surface area contributed by atoms with Crippen LogP contribution in [0.2, 0.25) is 0 Å². The quantitative estimate of drug-likeness (QED) is 0.923.